The van der Waals surface area contributed by atoms with Crippen LogP contribution >= 0.6 is 0 Å². The van der Waals surface area contributed by atoms with E-state index < -0.39 is 0 Å². The molecule has 0 aromatic heterocycles. The van der Waals surface area contributed by atoms with Crippen molar-refractivity contribution >= 4 is 6.21 Å². The molecule has 2 nitrogen and oxygen atoms in total. The van der Waals surface area contributed by atoms with Crippen molar-refractivity contribution in [2.75, 3.05) is 7.11 Å². The Kier molecular flexibility index (Phi) is 5.27. The minimum Gasteiger partial charge on any atom is -0.399 e. The van der Waals surface area contributed by atoms with Crippen LogP contribution in [0, 0.1) is 5.92 Å². The van der Waals surface area contributed by atoms with Crippen molar-refractivity contribution < 1.29 is 4.84 Å². The third-order valence-electron chi connectivity index (χ3n) is 1.43. The molecule has 0 heterocycles. The number of hydrogen-bond acceptors (Lipinski definition) is 2. The maximum absolute atomic E-state index is 4.55. The average Bonchev–Trinajstić information content (AvgIpc) is 1.91. The molecule has 0 unspecified atom stereocenters. The third-order valence-corrected chi connectivity index (χ3v) is 1.43. The van der Waals surface area contributed by atoms with Crippen LogP contribution < -0.4 is 0 Å². The van der Waals surface area contributed by atoms with Gasteiger partial charge in [0.15, 0.2) is 0 Å². The topological polar surface area (TPSA) is 21.6 Å². The third kappa shape index (κ3) is 4.01. The first-order valence-electron chi connectivity index (χ1n) is 3.41. The molecule has 0 rings (SSSR count). The van der Waals surface area contributed by atoms with Gasteiger partial charge in [-0.3, -0.25) is 0 Å². The molecule has 0 fully saturated rings. The zero-order valence-corrected chi connectivity index (χ0v) is 6.42. The summed E-state index contributed by atoms with van der Waals surface area (Å²) in [6.45, 7) is 4.30. The molecule has 0 aliphatic rings. The molecule has 9 heavy (non-hydrogen) atoms. The summed E-state index contributed by atoms with van der Waals surface area (Å²) < 4.78 is 0. The fraction of sp³-hybridized carbons (Fsp3) is 0.857. The highest BCUT2D eigenvalue weighted by Gasteiger charge is 1.96. The second-order valence-electron chi connectivity index (χ2n) is 2.01. The Labute approximate surface area is 56.9 Å². The van der Waals surface area contributed by atoms with Gasteiger partial charge in [-0.25, -0.2) is 0 Å². The Morgan fingerprint density at radius 3 is 2.33 bits per heavy atom. The van der Waals surface area contributed by atoms with Crippen molar-refractivity contribution in [2.24, 2.45) is 11.1 Å². The summed E-state index contributed by atoms with van der Waals surface area (Å²) in [6.07, 6.45) is 4.15. The maximum atomic E-state index is 4.55. The van der Waals surface area contributed by atoms with Crippen LogP contribution in [0.5, 0.6) is 0 Å². The second kappa shape index (κ2) is 5.60. The monoisotopic (exact) mass is 129 g/mol. The Morgan fingerprint density at radius 1 is 1.44 bits per heavy atom. The highest BCUT2D eigenvalue weighted by atomic mass is 16.6. The van der Waals surface area contributed by atoms with Crippen LogP contribution in [0.4, 0.5) is 0 Å². The van der Waals surface area contributed by atoms with Gasteiger partial charge in [0.25, 0.3) is 0 Å². The van der Waals surface area contributed by atoms with E-state index in [0.717, 1.165) is 12.8 Å². The van der Waals surface area contributed by atoms with E-state index in [2.05, 4.69) is 23.8 Å². The van der Waals surface area contributed by atoms with Crippen LogP contribution in [-0.2, 0) is 4.84 Å². The summed E-state index contributed by atoms with van der Waals surface area (Å²) in [7, 11) is 1.57. The molecule has 0 aliphatic carbocycles. The predicted molar refractivity (Wildman–Crippen MR) is 39.6 cm³/mol. The second-order valence-corrected chi connectivity index (χ2v) is 2.01. The first-order chi connectivity index (χ1) is 4.35. The molecule has 0 spiro atoms. The molecule has 0 N–H and O–H groups in total. The van der Waals surface area contributed by atoms with Gasteiger partial charge in [0.2, 0.25) is 0 Å². The van der Waals surface area contributed by atoms with Crippen LogP contribution in [0.25, 0.3) is 0 Å². The molecule has 2 heteroatoms. The van der Waals surface area contributed by atoms with E-state index in [1.54, 1.807) is 7.11 Å². The zero-order chi connectivity index (χ0) is 7.11. The van der Waals surface area contributed by atoms with Gasteiger partial charge in [-0.05, 0) is 18.8 Å². The van der Waals surface area contributed by atoms with E-state index in [4.69, 9.17) is 0 Å². The van der Waals surface area contributed by atoms with Crippen LogP contribution in [0.3, 0.4) is 0 Å². The lowest BCUT2D eigenvalue weighted by atomic mass is 10.1. The van der Waals surface area contributed by atoms with Crippen LogP contribution in [0.2, 0.25) is 0 Å². The largest absolute Gasteiger partial charge is 0.399 e. The normalized spacial score (nSPS) is 11.1. The quantitative estimate of drug-likeness (QED) is 0.420. The van der Waals surface area contributed by atoms with Crippen LogP contribution in [0.15, 0.2) is 5.16 Å². The summed E-state index contributed by atoms with van der Waals surface area (Å²) in [5.74, 6) is 0.588. The summed E-state index contributed by atoms with van der Waals surface area (Å²) in [5, 5.41) is 3.69. The summed E-state index contributed by atoms with van der Waals surface area (Å²) >= 11 is 0. The number of oxime groups is 1. The fourth-order valence-electron chi connectivity index (χ4n) is 0.646. The van der Waals surface area contributed by atoms with E-state index >= 15 is 0 Å². The molecular formula is C7H15NO. The van der Waals surface area contributed by atoms with Crippen LogP contribution in [-0.4, -0.2) is 13.3 Å². The highest BCUT2D eigenvalue weighted by molar-refractivity contribution is 5.59. The Bertz CT molecular complexity index is 77.0. The molecule has 0 radical (unpaired) electrons. The minimum absolute atomic E-state index is 0.588. The van der Waals surface area contributed by atoms with Crippen molar-refractivity contribution in [3.05, 3.63) is 0 Å². The molecule has 0 saturated heterocycles. The molecule has 0 saturated carbocycles. The molecule has 54 valence electrons. The van der Waals surface area contributed by atoms with Crippen molar-refractivity contribution in [3.63, 3.8) is 0 Å². The highest BCUT2D eigenvalue weighted by Crippen LogP contribution is 2.02. The molecule has 0 bridgehead atoms. The van der Waals surface area contributed by atoms with Crippen molar-refractivity contribution in [1.82, 2.24) is 0 Å². The molecule has 0 amide bonds. The van der Waals surface area contributed by atoms with Gasteiger partial charge < -0.3 is 4.84 Å². The average molecular weight is 129 g/mol. The predicted octanol–water partition coefficient (Wildman–Crippen LogP) is 2.05. The first kappa shape index (κ1) is 8.47. The SMILES string of the molecule is CCC(C=NOC)CC. The number of hydrogen-bond donors (Lipinski definition) is 0. The van der Waals surface area contributed by atoms with Gasteiger partial charge in [-0.2, -0.15) is 0 Å². The van der Waals surface area contributed by atoms with E-state index in [9.17, 15) is 0 Å². The Morgan fingerprint density at radius 2 is 2.00 bits per heavy atom. The van der Waals surface area contributed by atoms with Gasteiger partial charge in [0, 0.05) is 6.21 Å². The Hall–Kier alpha value is -0.530. The standard InChI is InChI=1S/C7H15NO/c1-4-7(5-2)6-8-9-3/h6-7H,4-5H2,1-3H3. The Balaban J connectivity index is 3.41. The van der Waals surface area contributed by atoms with Crippen molar-refractivity contribution in [2.45, 2.75) is 26.7 Å². The van der Waals surface area contributed by atoms with Gasteiger partial charge in [-0.15, -0.1) is 0 Å². The lowest BCUT2D eigenvalue weighted by Crippen LogP contribution is -1.97. The molecular weight excluding hydrogens is 114 g/mol. The number of nitrogens with zero attached hydrogens (tertiary/aromatic N) is 1. The van der Waals surface area contributed by atoms with E-state index in [1.165, 1.54) is 0 Å². The molecule has 0 aromatic carbocycles. The minimum atomic E-state index is 0.588. The van der Waals surface area contributed by atoms with Gasteiger partial charge >= 0.3 is 0 Å². The molecule has 0 aromatic rings. The lowest BCUT2D eigenvalue weighted by molar-refractivity contribution is 0.213. The summed E-state index contributed by atoms with van der Waals surface area (Å²) in [4.78, 5) is 4.55. The van der Waals surface area contributed by atoms with Gasteiger partial charge in [0.1, 0.15) is 7.11 Å². The van der Waals surface area contributed by atoms with Crippen LogP contribution in [0.1, 0.15) is 26.7 Å². The van der Waals surface area contributed by atoms with E-state index in [0.29, 0.717) is 5.92 Å². The van der Waals surface area contributed by atoms with Gasteiger partial charge in [0.05, 0.1) is 0 Å². The first-order valence-corrected chi connectivity index (χ1v) is 3.41. The van der Waals surface area contributed by atoms with Gasteiger partial charge in [-0.1, -0.05) is 19.0 Å². The number of rotatable bonds is 4. The van der Waals surface area contributed by atoms with Crippen molar-refractivity contribution in [1.29, 1.82) is 0 Å². The zero-order valence-electron chi connectivity index (χ0n) is 6.42. The van der Waals surface area contributed by atoms with E-state index in [1.807, 2.05) is 6.21 Å². The summed E-state index contributed by atoms with van der Waals surface area (Å²) in [5.41, 5.74) is 0. The maximum Gasteiger partial charge on any atom is 0.106 e. The molecule has 0 atom stereocenters. The van der Waals surface area contributed by atoms with E-state index in [-0.39, 0.29) is 0 Å². The summed E-state index contributed by atoms with van der Waals surface area (Å²) in [6, 6.07) is 0. The fourth-order valence-corrected chi connectivity index (χ4v) is 0.646. The molecule has 0 aliphatic heterocycles. The van der Waals surface area contributed by atoms with Crippen molar-refractivity contribution in [3.8, 4) is 0 Å². The lowest BCUT2D eigenvalue weighted by Gasteiger charge is -2.01. The smallest absolute Gasteiger partial charge is 0.106 e.